The molecule has 0 unspecified atom stereocenters. The van der Waals surface area contributed by atoms with Gasteiger partial charge in [0.1, 0.15) is 24.4 Å². The molecule has 2 amide bonds. The van der Waals surface area contributed by atoms with Crippen molar-refractivity contribution in [3.05, 3.63) is 101 Å². The van der Waals surface area contributed by atoms with Crippen LogP contribution < -0.4 is 10.1 Å². The SMILES string of the molecule is COC(=O)[C@H](Cc1ccc(OC)cc1)NC(=O)[C@@H]1Cc2ccccc2CN1C(=O)OCc1ccccc1. The molecule has 0 aromatic heterocycles. The maximum atomic E-state index is 13.5. The average molecular weight is 503 g/mol. The number of amides is 2. The summed E-state index contributed by atoms with van der Waals surface area (Å²) in [6, 6.07) is 22.5. The molecule has 8 nitrogen and oxygen atoms in total. The van der Waals surface area contributed by atoms with Crippen LogP contribution in [0.4, 0.5) is 4.79 Å². The van der Waals surface area contributed by atoms with Gasteiger partial charge in [0.05, 0.1) is 20.8 Å². The van der Waals surface area contributed by atoms with Gasteiger partial charge in [0, 0.05) is 12.8 Å². The first-order valence-corrected chi connectivity index (χ1v) is 12.0. The van der Waals surface area contributed by atoms with Crippen molar-refractivity contribution in [2.45, 2.75) is 38.1 Å². The number of nitrogens with zero attached hydrogens (tertiary/aromatic N) is 1. The van der Waals surface area contributed by atoms with Crippen molar-refractivity contribution in [2.75, 3.05) is 14.2 Å². The average Bonchev–Trinajstić information content (AvgIpc) is 2.95. The second-order valence-electron chi connectivity index (χ2n) is 8.79. The molecule has 0 saturated carbocycles. The number of esters is 1. The lowest BCUT2D eigenvalue weighted by molar-refractivity contribution is -0.145. The Hall–Kier alpha value is -4.33. The van der Waals surface area contributed by atoms with E-state index in [1.165, 1.54) is 12.0 Å². The fraction of sp³-hybridized carbons (Fsp3) is 0.276. The summed E-state index contributed by atoms with van der Waals surface area (Å²) in [7, 11) is 2.85. The van der Waals surface area contributed by atoms with Crippen LogP contribution in [0.25, 0.3) is 0 Å². The van der Waals surface area contributed by atoms with Crippen LogP contribution in [-0.4, -0.2) is 49.2 Å². The monoisotopic (exact) mass is 502 g/mol. The van der Waals surface area contributed by atoms with Gasteiger partial charge in [0.2, 0.25) is 5.91 Å². The first kappa shape index (κ1) is 25.8. The summed E-state index contributed by atoms with van der Waals surface area (Å²) in [4.78, 5) is 40.7. The van der Waals surface area contributed by atoms with Crippen LogP contribution in [0.1, 0.15) is 22.3 Å². The molecule has 0 spiro atoms. The van der Waals surface area contributed by atoms with E-state index >= 15 is 0 Å². The molecule has 3 aromatic rings. The summed E-state index contributed by atoms with van der Waals surface area (Å²) in [5.74, 6) is -0.332. The Labute approximate surface area is 216 Å². The van der Waals surface area contributed by atoms with E-state index in [0.717, 1.165) is 22.3 Å². The van der Waals surface area contributed by atoms with Crippen LogP contribution in [0, 0.1) is 0 Å². The molecule has 3 aromatic carbocycles. The third kappa shape index (κ3) is 6.46. The predicted molar refractivity (Wildman–Crippen MR) is 137 cm³/mol. The number of carbonyl (C=O) groups excluding carboxylic acids is 3. The molecule has 4 rings (SSSR count). The molecule has 0 saturated heterocycles. The van der Waals surface area contributed by atoms with Crippen LogP contribution in [0.15, 0.2) is 78.9 Å². The summed E-state index contributed by atoms with van der Waals surface area (Å²) >= 11 is 0. The van der Waals surface area contributed by atoms with Gasteiger partial charge in [-0.15, -0.1) is 0 Å². The molecule has 0 bridgehead atoms. The van der Waals surface area contributed by atoms with E-state index in [1.807, 2.05) is 66.7 Å². The van der Waals surface area contributed by atoms with Crippen molar-refractivity contribution in [3.8, 4) is 5.75 Å². The molecule has 2 atom stereocenters. The van der Waals surface area contributed by atoms with Gasteiger partial charge in [-0.25, -0.2) is 9.59 Å². The fourth-order valence-corrected chi connectivity index (χ4v) is 4.35. The van der Waals surface area contributed by atoms with E-state index in [1.54, 1.807) is 19.2 Å². The van der Waals surface area contributed by atoms with E-state index in [0.29, 0.717) is 12.2 Å². The predicted octanol–water partition coefficient (Wildman–Crippen LogP) is 3.66. The van der Waals surface area contributed by atoms with Crippen molar-refractivity contribution in [3.63, 3.8) is 0 Å². The van der Waals surface area contributed by atoms with Gasteiger partial charge in [0.25, 0.3) is 0 Å². The Morgan fingerprint density at radius 2 is 1.57 bits per heavy atom. The summed E-state index contributed by atoms with van der Waals surface area (Å²) in [5, 5.41) is 2.81. The smallest absolute Gasteiger partial charge is 0.411 e. The zero-order chi connectivity index (χ0) is 26.2. The van der Waals surface area contributed by atoms with Crippen LogP contribution in [0.3, 0.4) is 0 Å². The molecule has 1 heterocycles. The first-order chi connectivity index (χ1) is 18.0. The minimum absolute atomic E-state index is 0.0917. The van der Waals surface area contributed by atoms with Gasteiger partial charge in [0.15, 0.2) is 0 Å². The van der Waals surface area contributed by atoms with Gasteiger partial charge < -0.3 is 19.5 Å². The fourth-order valence-electron chi connectivity index (χ4n) is 4.35. The minimum atomic E-state index is -0.926. The third-order valence-corrected chi connectivity index (χ3v) is 6.39. The maximum Gasteiger partial charge on any atom is 0.411 e. The zero-order valence-electron chi connectivity index (χ0n) is 20.9. The van der Waals surface area contributed by atoms with Gasteiger partial charge in [-0.2, -0.15) is 0 Å². The first-order valence-electron chi connectivity index (χ1n) is 12.0. The number of nitrogens with one attached hydrogen (secondary N) is 1. The van der Waals surface area contributed by atoms with Crippen molar-refractivity contribution in [1.82, 2.24) is 10.2 Å². The maximum absolute atomic E-state index is 13.5. The van der Waals surface area contributed by atoms with E-state index in [-0.39, 0.29) is 19.6 Å². The molecule has 1 aliphatic rings. The highest BCUT2D eigenvalue weighted by Crippen LogP contribution is 2.25. The molecule has 0 radical (unpaired) electrons. The highest BCUT2D eigenvalue weighted by atomic mass is 16.6. The Balaban J connectivity index is 1.52. The van der Waals surface area contributed by atoms with Crippen molar-refractivity contribution < 1.29 is 28.6 Å². The number of hydrogen-bond acceptors (Lipinski definition) is 6. The van der Waals surface area contributed by atoms with Crippen LogP contribution in [-0.2, 0) is 45.1 Å². The zero-order valence-corrected chi connectivity index (χ0v) is 20.9. The second kappa shape index (κ2) is 12.1. The Bertz CT molecular complexity index is 1230. The van der Waals surface area contributed by atoms with E-state index in [4.69, 9.17) is 14.2 Å². The topological polar surface area (TPSA) is 94.2 Å². The highest BCUT2D eigenvalue weighted by molar-refractivity contribution is 5.90. The van der Waals surface area contributed by atoms with Gasteiger partial charge in [-0.1, -0.05) is 66.7 Å². The molecule has 192 valence electrons. The lowest BCUT2D eigenvalue weighted by Gasteiger charge is -2.35. The standard InChI is InChI=1S/C29H30N2O6/c1-35-24-14-12-20(13-15-24)16-25(28(33)36-2)30-27(32)26-17-22-10-6-7-11-23(22)18-31(26)29(34)37-19-21-8-4-3-5-9-21/h3-15,25-26H,16-19H2,1-2H3,(H,30,32)/t25-,26-/m0/s1. The van der Waals surface area contributed by atoms with Crippen molar-refractivity contribution in [1.29, 1.82) is 0 Å². The van der Waals surface area contributed by atoms with Crippen LogP contribution in [0.5, 0.6) is 5.75 Å². The number of benzene rings is 3. The number of ether oxygens (including phenoxy) is 3. The molecule has 8 heteroatoms. The molecule has 1 N–H and O–H groups in total. The number of hydrogen-bond donors (Lipinski definition) is 1. The molecular formula is C29H30N2O6. The van der Waals surface area contributed by atoms with Gasteiger partial charge in [-0.05, 0) is 34.4 Å². The molecule has 37 heavy (non-hydrogen) atoms. The van der Waals surface area contributed by atoms with Gasteiger partial charge >= 0.3 is 12.1 Å². The number of methoxy groups -OCH3 is 2. The van der Waals surface area contributed by atoms with Crippen LogP contribution in [0.2, 0.25) is 0 Å². The molecule has 1 aliphatic heterocycles. The lowest BCUT2D eigenvalue weighted by atomic mass is 9.93. The second-order valence-corrected chi connectivity index (χ2v) is 8.79. The van der Waals surface area contributed by atoms with E-state index in [2.05, 4.69) is 5.32 Å². The summed E-state index contributed by atoms with van der Waals surface area (Å²) < 4.78 is 15.7. The Kier molecular flexibility index (Phi) is 8.40. The summed E-state index contributed by atoms with van der Waals surface area (Å²) in [5.41, 5.74) is 3.59. The molecule has 0 fully saturated rings. The minimum Gasteiger partial charge on any atom is -0.497 e. The van der Waals surface area contributed by atoms with E-state index < -0.39 is 30.1 Å². The number of fused-ring (bicyclic) bond motifs is 1. The normalized spacial score (nSPS) is 15.2. The number of rotatable bonds is 8. The van der Waals surface area contributed by atoms with Gasteiger partial charge in [-0.3, -0.25) is 9.69 Å². The third-order valence-electron chi connectivity index (χ3n) is 6.39. The highest BCUT2D eigenvalue weighted by Gasteiger charge is 2.37. The number of carbonyl (C=O) groups is 3. The molecular weight excluding hydrogens is 472 g/mol. The van der Waals surface area contributed by atoms with Crippen molar-refractivity contribution >= 4 is 18.0 Å². The summed E-state index contributed by atoms with van der Waals surface area (Å²) in [6.07, 6.45) is -0.0634. The van der Waals surface area contributed by atoms with Crippen LogP contribution >= 0.6 is 0 Å². The largest absolute Gasteiger partial charge is 0.497 e. The Morgan fingerprint density at radius 1 is 0.892 bits per heavy atom. The molecule has 0 aliphatic carbocycles. The summed E-state index contributed by atoms with van der Waals surface area (Å²) in [6.45, 7) is 0.317. The van der Waals surface area contributed by atoms with Crippen molar-refractivity contribution in [2.24, 2.45) is 0 Å². The lowest BCUT2D eigenvalue weighted by Crippen LogP contribution is -2.56. The quantitative estimate of drug-likeness (QED) is 0.473. The van der Waals surface area contributed by atoms with E-state index in [9.17, 15) is 14.4 Å². The Morgan fingerprint density at radius 3 is 2.24 bits per heavy atom.